The smallest absolute Gasteiger partial charge is 0.167 e. The van der Waals surface area contributed by atoms with Crippen LogP contribution in [0.1, 0.15) is 31.1 Å². The van der Waals surface area contributed by atoms with Crippen LogP contribution in [-0.4, -0.2) is 71.9 Å². The van der Waals surface area contributed by atoms with Crippen LogP contribution in [0.25, 0.3) is 11.2 Å². The molecule has 1 aliphatic carbocycles. The summed E-state index contributed by atoms with van der Waals surface area (Å²) in [5, 5.41) is 33.3. The lowest BCUT2D eigenvalue weighted by atomic mass is 10.1. The molecule has 4 N–H and O–H groups in total. The Balaban J connectivity index is 1.33. The minimum Gasteiger partial charge on any atom is -0.394 e. The van der Waals surface area contributed by atoms with Gasteiger partial charge in [-0.3, -0.25) is 4.57 Å². The van der Waals surface area contributed by atoms with E-state index in [4.69, 9.17) is 9.47 Å². The van der Waals surface area contributed by atoms with Crippen molar-refractivity contribution < 1.29 is 24.8 Å². The molecule has 0 amide bonds. The van der Waals surface area contributed by atoms with Crippen molar-refractivity contribution in [2.45, 2.75) is 62.6 Å². The topological polar surface area (TPSA) is 135 Å². The van der Waals surface area contributed by atoms with Crippen molar-refractivity contribution in [3.63, 3.8) is 0 Å². The number of ether oxygens (including phenoxy) is 2. The second-order valence-electron chi connectivity index (χ2n) is 8.29. The van der Waals surface area contributed by atoms with Gasteiger partial charge in [0.05, 0.1) is 31.7 Å². The van der Waals surface area contributed by atoms with Gasteiger partial charge in [0.1, 0.15) is 24.6 Å². The number of imidazole rings is 1. The lowest BCUT2D eigenvalue weighted by Crippen LogP contribution is -2.33. The molecule has 1 saturated heterocycles. The zero-order valence-corrected chi connectivity index (χ0v) is 17.5. The molecular weight excluding hydrogens is 414 g/mol. The SMILES string of the molecule is OC[C@H]1O[C@@H](n2cnc3c(NC4CCCC4OCc4ccccc4)ncnc32)[C@H](O)[C@@H]1O. The first kappa shape index (κ1) is 21.2. The van der Waals surface area contributed by atoms with Crippen LogP contribution in [0.3, 0.4) is 0 Å². The van der Waals surface area contributed by atoms with Crippen LogP contribution in [0.2, 0.25) is 0 Å². The number of hydrogen-bond donors (Lipinski definition) is 4. The first-order valence-electron chi connectivity index (χ1n) is 10.9. The molecule has 3 aromatic rings. The lowest BCUT2D eigenvalue weighted by molar-refractivity contribution is -0.0511. The van der Waals surface area contributed by atoms with Crippen LogP contribution in [0.4, 0.5) is 5.82 Å². The highest BCUT2D eigenvalue weighted by Gasteiger charge is 2.44. The number of fused-ring (bicyclic) bond motifs is 1. The number of hydrogen-bond acceptors (Lipinski definition) is 9. The number of aromatic nitrogens is 4. The summed E-state index contributed by atoms with van der Waals surface area (Å²) in [6, 6.07) is 10.2. The third kappa shape index (κ3) is 3.96. The Kier molecular flexibility index (Phi) is 6.03. The van der Waals surface area contributed by atoms with E-state index in [1.165, 1.54) is 12.7 Å². The van der Waals surface area contributed by atoms with Gasteiger partial charge in [-0.15, -0.1) is 0 Å². The van der Waals surface area contributed by atoms with E-state index >= 15 is 0 Å². The average molecular weight is 441 g/mol. The number of nitrogens with zero attached hydrogens (tertiary/aromatic N) is 4. The number of nitrogens with one attached hydrogen (secondary N) is 1. The summed E-state index contributed by atoms with van der Waals surface area (Å²) in [7, 11) is 0. The van der Waals surface area contributed by atoms with Gasteiger partial charge in [-0.1, -0.05) is 30.3 Å². The molecule has 2 unspecified atom stereocenters. The second-order valence-corrected chi connectivity index (χ2v) is 8.29. The largest absolute Gasteiger partial charge is 0.394 e. The van der Waals surface area contributed by atoms with Gasteiger partial charge in [0, 0.05) is 0 Å². The summed E-state index contributed by atoms with van der Waals surface area (Å²) in [6.45, 7) is 0.165. The molecule has 2 aliphatic rings. The molecule has 0 radical (unpaired) electrons. The highest BCUT2D eigenvalue weighted by atomic mass is 16.6. The third-order valence-corrected chi connectivity index (χ3v) is 6.23. The molecule has 170 valence electrons. The van der Waals surface area contributed by atoms with Gasteiger partial charge < -0.3 is 30.1 Å². The van der Waals surface area contributed by atoms with Crippen molar-refractivity contribution >= 4 is 17.0 Å². The predicted molar refractivity (Wildman–Crippen MR) is 115 cm³/mol. The van der Waals surface area contributed by atoms with E-state index in [1.807, 2.05) is 18.2 Å². The van der Waals surface area contributed by atoms with Crippen molar-refractivity contribution in [2.24, 2.45) is 0 Å². The van der Waals surface area contributed by atoms with Crippen molar-refractivity contribution in [3.05, 3.63) is 48.5 Å². The van der Waals surface area contributed by atoms with Crippen molar-refractivity contribution in [3.8, 4) is 0 Å². The van der Waals surface area contributed by atoms with E-state index in [0.717, 1.165) is 24.8 Å². The Morgan fingerprint density at radius 2 is 1.94 bits per heavy atom. The molecule has 3 heterocycles. The Labute approximate surface area is 184 Å². The molecule has 1 aliphatic heterocycles. The van der Waals surface area contributed by atoms with Gasteiger partial charge >= 0.3 is 0 Å². The molecule has 6 atom stereocenters. The zero-order chi connectivity index (χ0) is 22.1. The molecular formula is C22H27N5O5. The summed E-state index contributed by atoms with van der Waals surface area (Å²) < 4.78 is 13.4. The number of rotatable bonds is 7. The van der Waals surface area contributed by atoms with Crippen molar-refractivity contribution in [2.75, 3.05) is 11.9 Å². The summed E-state index contributed by atoms with van der Waals surface area (Å²) in [5.41, 5.74) is 2.15. The number of aliphatic hydroxyl groups is 3. The molecule has 2 fully saturated rings. The highest BCUT2D eigenvalue weighted by molar-refractivity contribution is 5.82. The Morgan fingerprint density at radius 1 is 1.09 bits per heavy atom. The standard InChI is InChI=1S/C22H27N5O5/c28-9-16-18(29)19(30)22(32-16)27-12-25-17-20(23-11-24-21(17)27)26-14-7-4-8-15(14)31-10-13-5-2-1-3-6-13/h1-3,5-6,11-12,14-16,18-19,22,28-30H,4,7-10H2,(H,23,24,26)/t14?,15?,16-,18-,19-,22-/m1/s1. The fraction of sp³-hybridized carbons (Fsp3) is 0.500. The molecule has 1 saturated carbocycles. The van der Waals surface area contributed by atoms with Crippen LogP contribution in [0, 0.1) is 0 Å². The maximum Gasteiger partial charge on any atom is 0.167 e. The van der Waals surface area contributed by atoms with Crippen LogP contribution in [0.5, 0.6) is 0 Å². The van der Waals surface area contributed by atoms with Gasteiger partial charge in [0.25, 0.3) is 0 Å². The van der Waals surface area contributed by atoms with E-state index in [0.29, 0.717) is 23.6 Å². The van der Waals surface area contributed by atoms with Gasteiger partial charge in [-0.2, -0.15) is 0 Å². The highest BCUT2D eigenvalue weighted by Crippen LogP contribution is 2.33. The quantitative estimate of drug-likeness (QED) is 0.423. The van der Waals surface area contributed by atoms with Gasteiger partial charge in [-0.25, -0.2) is 15.0 Å². The molecule has 1 aromatic carbocycles. The van der Waals surface area contributed by atoms with E-state index < -0.39 is 31.1 Å². The van der Waals surface area contributed by atoms with Gasteiger partial charge in [0.2, 0.25) is 0 Å². The summed E-state index contributed by atoms with van der Waals surface area (Å²) in [4.78, 5) is 13.1. The van der Waals surface area contributed by atoms with Crippen LogP contribution in [-0.2, 0) is 16.1 Å². The van der Waals surface area contributed by atoms with Crippen molar-refractivity contribution in [1.82, 2.24) is 19.5 Å². The van der Waals surface area contributed by atoms with E-state index in [9.17, 15) is 15.3 Å². The van der Waals surface area contributed by atoms with E-state index in [-0.39, 0.29) is 12.1 Å². The number of anilines is 1. The number of aliphatic hydroxyl groups excluding tert-OH is 3. The van der Waals surface area contributed by atoms with E-state index in [2.05, 4.69) is 32.4 Å². The Bertz CT molecular complexity index is 1050. The van der Waals surface area contributed by atoms with E-state index in [1.54, 1.807) is 4.57 Å². The number of benzene rings is 1. The first-order chi connectivity index (χ1) is 15.7. The Hall–Kier alpha value is -2.63. The summed E-state index contributed by atoms with van der Waals surface area (Å²) in [6.07, 6.45) is 1.81. The lowest BCUT2D eigenvalue weighted by Gasteiger charge is -2.22. The molecule has 10 heteroatoms. The van der Waals surface area contributed by atoms with Gasteiger partial charge in [0.15, 0.2) is 23.2 Å². The molecule has 0 spiro atoms. The maximum atomic E-state index is 10.4. The van der Waals surface area contributed by atoms with Crippen LogP contribution >= 0.6 is 0 Å². The third-order valence-electron chi connectivity index (χ3n) is 6.23. The minimum atomic E-state index is -1.21. The molecule has 2 aromatic heterocycles. The average Bonchev–Trinajstić information content (AvgIpc) is 3.52. The fourth-order valence-electron chi connectivity index (χ4n) is 4.50. The minimum absolute atomic E-state index is 0.0581. The zero-order valence-electron chi connectivity index (χ0n) is 17.5. The molecule has 10 nitrogen and oxygen atoms in total. The molecule has 0 bridgehead atoms. The Morgan fingerprint density at radius 3 is 2.72 bits per heavy atom. The summed E-state index contributed by atoms with van der Waals surface area (Å²) >= 11 is 0. The van der Waals surface area contributed by atoms with Gasteiger partial charge in [-0.05, 0) is 24.8 Å². The maximum absolute atomic E-state index is 10.4. The van der Waals surface area contributed by atoms with Crippen LogP contribution < -0.4 is 5.32 Å². The molecule has 5 rings (SSSR count). The predicted octanol–water partition coefficient (Wildman–Crippen LogP) is 0.988. The molecule has 32 heavy (non-hydrogen) atoms. The normalized spacial score (nSPS) is 30.2. The fourth-order valence-corrected chi connectivity index (χ4v) is 4.50. The first-order valence-corrected chi connectivity index (χ1v) is 10.9. The summed E-state index contributed by atoms with van der Waals surface area (Å²) in [5.74, 6) is 0.584. The monoisotopic (exact) mass is 441 g/mol. The van der Waals surface area contributed by atoms with Crippen LogP contribution in [0.15, 0.2) is 43.0 Å². The second kappa shape index (κ2) is 9.08. The van der Waals surface area contributed by atoms with Crippen molar-refractivity contribution in [1.29, 1.82) is 0 Å².